The summed E-state index contributed by atoms with van der Waals surface area (Å²) in [6.45, 7) is 3.45. The van der Waals surface area contributed by atoms with E-state index in [-0.39, 0.29) is 5.92 Å². The van der Waals surface area contributed by atoms with Crippen molar-refractivity contribution in [2.24, 2.45) is 11.7 Å². The number of hydrogen-bond acceptors (Lipinski definition) is 5. The SMILES string of the molecule is COC(=O)[C@@H](NC(=O)C(N)CC(=O)O)C(C)C. The van der Waals surface area contributed by atoms with Crippen molar-refractivity contribution < 1.29 is 24.2 Å². The van der Waals surface area contributed by atoms with Gasteiger partial charge in [-0.3, -0.25) is 9.59 Å². The molecule has 0 aliphatic carbocycles. The van der Waals surface area contributed by atoms with Gasteiger partial charge >= 0.3 is 11.9 Å². The minimum atomic E-state index is -1.18. The Balaban J connectivity index is 4.50. The molecule has 4 N–H and O–H groups in total. The summed E-state index contributed by atoms with van der Waals surface area (Å²) < 4.78 is 4.52. The Morgan fingerprint density at radius 2 is 1.88 bits per heavy atom. The molecule has 7 heteroatoms. The van der Waals surface area contributed by atoms with E-state index in [2.05, 4.69) is 10.1 Å². The highest BCUT2D eigenvalue weighted by Crippen LogP contribution is 2.04. The maximum absolute atomic E-state index is 11.5. The zero-order chi connectivity index (χ0) is 13.6. The van der Waals surface area contributed by atoms with E-state index >= 15 is 0 Å². The summed E-state index contributed by atoms with van der Waals surface area (Å²) in [6, 6.07) is -2.01. The van der Waals surface area contributed by atoms with Crippen molar-refractivity contribution >= 4 is 17.8 Å². The summed E-state index contributed by atoms with van der Waals surface area (Å²) in [7, 11) is 1.21. The second-order valence-electron chi connectivity index (χ2n) is 3.96. The van der Waals surface area contributed by atoms with E-state index in [1.165, 1.54) is 7.11 Å². The molecule has 0 fully saturated rings. The molecule has 0 radical (unpaired) electrons. The Bertz CT molecular complexity index is 303. The predicted molar refractivity (Wildman–Crippen MR) is 59.0 cm³/mol. The van der Waals surface area contributed by atoms with Gasteiger partial charge in [-0.05, 0) is 5.92 Å². The van der Waals surface area contributed by atoms with Crippen LogP contribution in [0.25, 0.3) is 0 Å². The van der Waals surface area contributed by atoms with Gasteiger partial charge in [0.05, 0.1) is 19.6 Å². The highest BCUT2D eigenvalue weighted by molar-refractivity contribution is 5.89. The molecule has 1 amide bonds. The number of nitrogens with one attached hydrogen (secondary N) is 1. The molecule has 0 bridgehead atoms. The van der Waals surface area contributed by atoms with Crippen molar-refractivity contribution in [3.63, 3.8) is 0 Å². The number of nitrogens with two attached hydrogens (primary N) is 1. The number of carbonyl (C=O) groups is 3. The molecule has 7 nitrogen and oxygen atoms in total. The number of carboxylic acids is 1. The molecule has 0 spiro atoms. The van der Waals surface area contributed by atoms with Crippen molar-refractivity contribution in [3.05, 3.63) is 0 Å². The van der Waals surface area contributed by atoms with Crippen LogP contribution in [0, 0.1) is 5.92 Å². The first-order valence-electron chi connectivity index (χ1n) is 5.15. The summed E-state index contributed by atoms with van der Waals surface area (Å²) in [5.41, 5.74) is 5.36. The van der Waals surface area contributed by atoms with Gasteiger partial charge in [0, 0.05) is 0 Å². The van der Waals surface area contributed by atoms with Crippen molar-refractivity contribution in [2.45, 2.75) is 32.4 Å². The fraction of sp³-hybridized carbons (Fsp3) is 0.700. The third-order valence-electron chi connectivity index (χ3n) is 2.15. The van der Waals surface area contributed by atoms with Crippen LogP contribution in [0.3, 0.4) is 0 Å². The first-order chi connectivity index (χ1) is 7.79. The minimum absolute atomic E-state index is 0.177. The van der Waals surface area contributed by atoms with Gasteiger partial charge in [0.15, 0.2) is 0 Å². The number of methoxy groups -OCH3 is 1. The Hall–Kier alpha value is -1.63. The molecule has 0 heterocycles. The third-order valence-corrected chi connectivity index (χ3v) is 2.15. The number of aliphatic carboxylic acids is 1. The lowest BCUT2D eigenvalue weighted by molar-refractivity contribution is -0.146. The van der Waals surface area contributed by atoms with Crippen LogP contribution in [-0.2, 0) is 19.1 Å². The van der Waals surface area contributed by atoms with E-state index in [4.69, 9.17) is 10.8 Å². The number of amides is 1. The highest BCUT2D eigenvalue weighted by atomic mass is 16.5. The molecule has 0 aromatic heterocycles. The first-order valence-corrected chi connectivity index (χ1v) is 5.15. The average Bonchev–Trinajstić information content (AvgIpc) is 2.22. The largest absolute Gasteiger partial charge is 0.481 e. The fourth-order valence-corrected chi connectivity index (χ4v) is 1.17. The number of carbonyl (C=O) groups excluding carboxylic acids is 2. The Morgan fingerprint density at radius 1 is 1.35 bits per heavy atom. The fourth-order valence-electron chi connectivity index (χ4n) is 1.17. The van der Waals surface area contributed by atoms with E-state index in [0.717, 1.165) is 0 Å². The molecule has 0 aliphatic heterocycles. The van der Waals surface area contributed by atoms with Crippen LogP contribution >= 0.6 is 0 Å². The lowest BCUT2D eigenvalue weighted by Crippen LogP contribution is -2.51. The van der Waals surface area contributed by atoms with Crippen molar-refractivity contribution in [1.82, 2.24) is 5.32 Å². The minimum Gasteiger partial charge on any atom is -0.481 e. The quantitative estimate of drug-likeness (QED) is 0.523. The zero-order valence-corrected chi connectivity index (χ0v) is 10.1. The second-order valence-corrected chi connectivity index (χ2v) is 3.96. The monoisotopic (exact) mass is 246 g/mol. The first kappa shape index (κ1) is 15.4. The van der Waals surface area contributed by atoms with Crippen LogP contribution in [-0.4, -0.2) is 42.1 Å². The van der Waals surface area contributed by atoms with Gasteiger partial charge in [-0.1, -0.05) is 13.8 Å². The molecule has 1 unspecified atom stereocenters. The van der Waals surface area contributed by atoms with Crippen LogP contribution in [0.4, 0.5) is 0 Å². The van der Waals surface area contributed by atoms with Crippen LogP contribution < -0.4 is 11.1 Å². The van der Waals surface area contributed by atoms with E-state index < -0.39 is 36.4 Å². The third kappa shape index (κ3) is 5.30. The van der Waals surface area contributed by atoms with Gasteiger partial charge in [0.25, 0.3) is 0 Å². The average molecular weight is 246 g/mol. The van der Waals surface area contributed by atoms with Gasteiger partial charge in [-0.25, -0.2) is 4.79 Å². The highest BCUT2D eigenvalue weighted by Gasteiger charge is 2.27. The van der Waals surface area contributed by atoms with Crippen LogP contribution in [0.15, 0.2) is 0 Å². The summed E-state index contributed by atoms with van der Waals surface area (Å²) in [6.07, 6.45) is -0.488. The molecular formula is C10H18N2O5. The Morgan fingerprint density at radius 3 is 2.24 bits per heavy atom. The van der Waals surface area contributed by atoms with Gasteiger partial charge < -0.3 is 20.9 Å². The second kappa shape index (κ2) is 6.85. The van der Waals surface area contributed by atoms with Gasteiger partial charge in [-0.2, -0.15) is 0 Å². The predicted octanol–water partition coefficient (Wildman–Crippen LogP) is -0.898. The van der Waals surface area contributed by atoms with Crippen molar-refractivity contribution in [1.29, 1.82) is 0 Å². The lowest BCUT2D eigenvalue weighted by Gasteiger charge is -2.21. The van der Waals surface area contributed by atoms with E-state index in [1.54, 1.807) is 13.8 Å². The molecule has 0 aliphatic rings. The van der Waals surface area contributed by atoms with E-state index in [9.17, 15) is 14.4 Å². The molecule has 2 atom stereocenters. The van der Waals surface area contributed by atoms with E-state index in [0.29, 0.717) is 0 Å². The topological polar surface area (TPSA) is 119 Å². The summed E-state index contributed by atoms with van der Waals surface area (Å²) in [5.74, 6) is -2.62. The smallest absolute Gasteiger partial charge is 0.328 e. The molecule has 0 aromatic carbocycles. The summed E-state index contributed by atoms with van der Waals surface area (Å²) in [4.78, 5) is 33.2. The molecular weight excluding hydrogens is 228 g/mol. The maximum Gasteiger partial charge on any atom is 0.328 e. The van der Waals surface area contributed by atoms with Crippen LogP contribution in [0.1, 0.15) is 20.3 Å². The standard InChI is InChI=1S/C10H18N2O5/c1-5(2)8(10(16)17-3)12-9(15)6(11)4-7(13)14/h5-6,8H,4,11H2,1-3H3,(H,12,15)(H,13,14)/t6?,8-/m0/s1. The Labute approximate surface area is 99.3 Å². The van der Waals surface area contributed by atoms with Crippen LogP contribution in [0.2, 0.25) is 0 Å². The summed E-state index contributed by atoms with van der Waals surface area (Å²) in [5, 5.41) is 10.9. The van der Waals surface area contributed by atoms with Crippen molar-refractivity contribution in [3.8, 4) is 0 Å². The normalized spacial score (nSPS) is 13.9. The number of rotatable bonds is 6. The Kier molecular flexibility index (Phi) is 6.19. The molecule has 17 heavy (non-hydrogen) atoms. The van der Waals surface area contributed by atoms with E-state index in [1.807, 2.05) is 0 Å². The van der Waals surface area contributed by atoms with Gasteiger partial charge in [-0.15, -0.1) is 0 Å². The molecule has 0 rings (SSSR count). The van der Waals surface area contributed by atoms with Gasteiger partial charge in [0.2, 0.25) is 5.91 Å². The lowest BCUT2D eigenvalue weighted by atomic mass is 10.0. The molecule has 0 aromatic rings. The molecule has 0 saturated carbocycles. The number of esters is 1. The van der Waals surface area contributed by atoms with Crippen LogP contribution in [0.5, 0.6) is 0 Å². The summed E-state index contributed by atoms with van der Waals surface area (Å²) >= 11 is 0. The zero-order valence-electron chi connectivity index (χ0n) is 10.1. The maximum atomic E-state index is 11.5. The van der Waals surface area contributed by atoms with Gasteiger partial charge in [0.1, 0.15) is 6.04 Å². The molecule has 98 valence electrons. The number of ether oxygens (including phenoxy) is 1. The number of hydrogen-bond donors (Lipinski definition) is 3. The van der Waals surface area contributed by atoms with Crippen molar-refractivity contribution in [2.75, 3.05) is 7.11 Å². The number of carboxylic acid groups (broad SMARTS) is 1. The molecule has 0 saturated heterocycles.